The summed E-state index contributed by atoms with van der Waals surface area (Å²) >= 11 is 1.39. The molecule has 0 aliphatic carbocycles. The fourth-order valence-corrected chi connectivity index (χ4v) is 1.91. The van der Waals surface area contributed by atoms with Crippen molar-refractivity contribution in [2.45, 2.75) is 43.7 Å². The first-order chi connectivity index (χ1) is 8.06. The molecule has 1 aromatic carbocycles. The van der Waals surface area contributed by atoms with Gasteiger partial charge in [0.2, 0.25) is 0 Å². The fourth-order valence-electron chi connectivity index (χ4n) is 1.51. The molecule has 0 radical (unpaired) electrons. The van der Waals surface area contributed by atoms with Gasteiger partial charge in [0, 0.05) is 0 Å². The Balaban J connectivity index is 0.000000318. The molecule has 1 N–H and O–H groups in total. The standard InChI is InChI=1S/C9H19.C6H6O.Na/c1-8(2)6-5-7-9(3)4;7-6-4-2-1-3-5-6;/h8-9H,1,5-7H2,2-4H3;1-5,7H;. The molecule has 0 saturated carbocycles. The van der Waals surface area contributed by atoms with Gasteiger partial charge in [-0.05, 0) is 12.1 Å². The van der Waals surface area contributed by atoms with Crippen molar-refractivity contribution in [3.63, 3.8) is 0 Å². The van der Waals surface area contributed by atoms with Crippen LogP contribution in [0, 0.1) is 11.8 Å². The molecule has 0 saturated heterocycles. The topological polar surface area (TPSA) is 20.2 Å². The summed E-state index contributed by atoms with van der Waals surface area (Å²) in [6.07, 6.45) is 4.33. The molecular weight excluding hydrogens is 219 g/mol. The number of hydrogen-bond acceptors (Lipinski definition) is 1. The van der Waals surface area contributed by atoms with Crippen molar-refractivity contribution in [1.29, 1.82) is 0 Å². The Kier molecular flexibility index (Phi) is 11.1. The molecule has 0 aliphatic rings. The molecule has 0 aliphatic heterocycles. The van der Waals surface area contributed by atoms with Crippen LogP contribution in [0.4, 0.5) is 0 Å². The van der Waals surface area contributed by atoms with E-state index in [1.807, 2.05) is 6.07 Å². The van der Waals surface area contributed by atoms with Crippen molar-refractivity contribution < 1.29 is 5.11 Å². The molecule has 0 fully saturated rings. The van der Waals surface area contributed by atoms with Crippen LogP contribution >= 0.6 is 0 Å². The number of benzene rings is 1. The van der Waals surface area contributed by atoms with Crippen molar-refractivity contribution in [3.05, 3.63) is 30.3 Å². The van der Waals surface area contributed by atoms with E-state index >= 15 is 0 Å². The molecule has 0 spiro atoms. The summed E-state index contributed by atoms with van der Waals surface area (Å²) in [7, 11) is 0. The van der Waals surface area contributed by atoms with E-state index in [0.717, 1.165) is 11.8 Å². The predicted molar refractivity (Wildman–Crippen MR) is 76.5 cm³/mol. The zero-order chi connectivity index (χ0) is 13.1. The van der Waals surface area contributed by atoms with Gasteiger partial charge in [-0.1, -0.05) is 18.2 Å². The number of aromatic hydroxyl groups is 1. The zero-order valence-corrected chi connectivity index (χ0v) is 13.8. The number of phenolic OH excluding ortho intramolecular Hbond substituents is 1. The third-order valence-corrected chi connectivity index (χ3v) is 4.33. The molecule has 0 heterocycles. The summed E-state index contributed by atoms with van der Waals surface area (Å²) in [5.41, 5.74) is 0. The largest absolute Gasteiger partial charge is 0.508 e. The summed E-state index contributed by atoms with van der Waals surface area (Å²) in [5, 5.41) is 8.63. The smallest absolute Gasteiger partial charge is 0.115 e. The van der Waals surface area contributed by atoms with Crippen LogP contribution in [-0.4, -0.2) is 33.0 Å². The SMILES string of the molecule is CC(C)CCCC(C)[CH2][Na].Oc1ccccc1. The first kappa shape index (κ1) is 17.0. The molecule has 0 amide bonds. The summed E-state index contributed by atoms with van der Waals surface area (Å²) in [6.45, 7) is 7.00. The van der Waals surface area contributed by atoms with E-state index in [2.05, 4.69) is 20.8 Å². The molecule has 2 heteroatoms. The molecule has 92 valence electrons. The number of rotatable bonds is 5. The van der Waals surface area contributed by atoms with Crippen LogP contribution in [-0.2, 0) is 0 Å². The van der Waals surface area contributed by atoms with Crippen LogP contribution in [0.1, 0.15) is 40.0 Å². The monoisotopic (exact) mass is 244 g/mol. The minimum atomic E-state index is 0.322. The van der Waals surface area contributed by atoms with Gasteiger partial charge in [0.1, 0.15) is 5.75 Å². The summed E-state index contributed by atoms with van der Waals surface area (Å²) in [4.78, 5) is 0. The van der Waals surface area contributed by atoms with Crippen LogP contribution in [0.15, 0.2) is 30.3 Å². The van der Waals surface area contributed by atoms with Crippen molar-refractivity contribution in [2.75, 3.05) is 0 Å². The van der Waals surface area contributed by atoms with Gasteiger partial charge in [0.25, 0.3) is 0 Å². The third kappa shape index (κ3) is 12.3. The number of hydrogen-bond donors (Lipinski definition) is 1. The van der Waals surface area contributed by atoms with Crippen molar-refractivity contribution >= 4 is 27.9 Å². The Bertz CT molecular complexity index is 259. The van der Waals surface area contributed by atoms with Gasteiger partial charge in [0.05, 0.1) is 0 Å². The minimum Gasteiger partial charge on any atom is -0.508 e. The molecule has 0 aromatic heterocycles. The molecule has 1 unspecified atom stereocenters. The molecular formula is C15H25NaO. The van der Waals surface area contributed by atoms with E-state index in [-0.39, 0.29) is 0 Å². The molecule has 1 aromatic rings. The van der Waals surface area contributed by atoms with Gasteiger partial charge in [-0.3, -0.25) is 0 Å². The molecule has 1 nitrogen and oxygen atoms in total. The number of phenols is 1. The zero-order valence-electron chi connectivity index (χ0n) is 11.8. The Morgan fingerprint density at radius 3 is 2.00 bits per heavy atom. The summed E-state index contributed by atoms with van der Waals surface area (Å²) < 4.78 is 1.48. The van der Waals surface area contributed by atoms with E-state index in [1.54, 1.807) is 24.3 Å². The van der Waals surface area contributed by atoms with Gasteiger partial charge in [0.15, 0.2) is 0 Å². The van der Waals surface area contributed by atoms with Gasteiger partial charge < -0.3 is 5.11 Å². The maximum absolute atomic E-state index is 8.63. The second-order valence-corrected chi connectivity index (χ2v) is 5.99. The second kappa shape index (κ2) is 11.1. The van der Waals surface area contributed by atoms with E-state index in [0.29, 0.717) is 5.75 Å². The Morgan fingerprint density at radius 1 is 1.06 bits per heavy atom. The number of para-hydroxylation sites is 1. The van der Waals surface area contributed by atoms with Crippen molar-refractivity contribution in [3.8, 4) is 5.75 Å². The molecule has 17 heavy (non-hydrogen) atoms. The maximum atomic E-state index is 8.63. The normalized spacial score (nSPS) is 11.9. The van der Waals surface area contributed by atoms with E-state index < -0.39 is 0 Å². The molecule has 1 rings (SSSR count). The van der Waals surface area contributed by atoms with Gasteiger partial charge in [-0.15, -0.1) is 0 Å². The van der Waals surface area contributed by atoms with Crippen LogP contribution in [0.2, 0.25) is 3.67 Å². The third-order valence-electron chi connectivity index (χ3n) is 2.93. The quantitative estimate of drug-likeness (QED) is 0.760. The van der Waals surface area contributed by atoms with Crippen LogP contribution in [0.3, 0.4) is 0 Å². The van der Waals surface area contributed by atoms with Crippen molar-refractivity contribution in [2.24, 2.45) is 11.8 Å². The van der Waals surface area contributed by atoms with E-state index in [1.165, 1.54) is 50.9 Å². The maximum Gasteiger partial charge on any atom is 0.115 e. The van der Waals surface area contributed by atoms with Crippen molar-refractivity contribution in [1.82, 2.24) is 0 Å². The van der Waals surface area contributed by atoms with E-state index in [9.17, 15) is 0 Å². The average molecular weight is 244 g/mol. The average Bonchev–Trinajstić information content (AvgIpc) is 2.30. The van der Waals surface area contributed by atoms with Gasteiger partial charge >= 0.3 is 83.5 Å². The van der Waals surface area contributed by atoms with Crippen LogP contribution in [0.25, 0.3) is 0 Å². The van der Waals surface area contributed by atoms with E-state index in [4.69, 9.17) is 5.11 Å². The second-order valence-electron chi connectivity index (χ2n) is 5.17. The fraction of sp³-hybridized carbons (Fsp3) is 0.600. The first-order valence-corrected chi connectivity index (χ1v) is 8.21. The molecule has 1 atom stereocenters. The Labute approximate surface area is 124 Å². The van der Waals surface area contributed by atoms with Crippen LogP contribution < -0.4 is 0 Å². The van der Waals surface area contributed by atoms with Crippen LogP contribution in [0.5, 0.6) is 5.75 Å². The van der Waals surface area contributed by atoms with Gasteiger partial charge in [-0.2, -0.15) is 0 Å². The Morgan fingerprint density at radius 2 is 1.65 bits per heavy atom. The summed E-state index contributed by atoms with van der Waals surface area (Å²) in [6, 6.07) is 8.71. The first-order valence-electron chi connectivity index (χ1n) is 6.80. The predicted octanol–water partition coefficient (Wildman–Crippen LogP) is 4.43. The Hall–Kier alpha value is 0.0200. The van der Waals surface area contributed by atoms with Gasteiger partial charge in [-0.25, -0.2) is 0 Å². The summed E-state index contributed by atoms with van der Waals surface area (Å²) in [5.74, 6) is 2.23. The molecule has 0 bridgehead atoms. The minimum absolute atomic E-state index is 0.322.